The maximum Gasteiger partial charge on any atom is 0.338 e. The number of rotatable bonds is 8. The van der Waals surface area contributed by atoms with E-state index in [1.54, 1.807) is 43.0 Å². The molecule has 0 amide bonds. The summed E-state index contributed by atoms with van der Waals surface area (Å²) in [6.07, 6.45) is 5.14. The number of nitrogens with zero attached hydrogens (tertiary/aromatic N) is 3. The highest BCUT2D eigenvalue weighted by Crippen LogP contribution is 2.36. The summed E-state index contributed by atoms with van der Waals surface area (Å²) in [5.41, 5.74) is 2.08. The van der Waals surface area contributed by atoms with Crippen LogP contribution in [0.25, 0.3) is 6.08 Å². The summed E-state index contributed by atoms with van der Waals surface area (Å²) < 4.78 is 18.9. The van der Waals surface area contributed by atoms with Crippen molar-refractivity contribution in [2.45, 2.75) is 33.7 Å². The van der Waals surface area contributed by atoms with Gasteiger partial charge in [-0.15, -0.1) is 0 Å². The van der Waals surface area contributed by atoms with Crippen LogP contribution in [0.15, 0.2) is 63.8 Å². The van der Waals surface area contributed by atoms with Crippen molar-refractivity contribution in [3.05, 3.63) is 84.8 Å². The number of benzene rings is 1. The third-order valence-electron chi connectivity index (χ3n) is 5.38. The van der Waals surface area contributed by atoms with E-state index in [1.165, 1.54) is 11.3 Å². The van der Waals surface area contributed by atoms with Gasteiger partial charge >= 0.3 is 5.97 Å². The topological polar surface area (TPSA) is 92.0 Å². The number of thiazole rings is 1. The number of aromatic nitrogens is 2. The molecule has 0 aliphatic carbocycles. The standard InChI is InChI=1S/C26H27N3O5S/c1-5-32-19-11-10-18(14-20(19)33-6-2)23-22(25(31)34-7-3)16(4)28-26-29(23)24(30)21(35-26)13-17-9-8-12-27-15-17/h8-15,23H,5-7H2,1-4H3/t23-/m1/s1. The molecule has 182 valence electrons. The number of carbonyl (C=O) groups excluding carboxylic acids is 1. The lowest BCUT2D eigenvalue weighted by Crippen LogP contribution is -2.40. The molecule has 0 N–H and O–H groups in total. The van der Waals surface area contributed by atoms with Crippen LogP contribution in [0.2, 0.25) is 0 Å². The number of esters is 1. The van der Waals surface area contributed by atoms with Gasteiger partial charge in [0.2, 0.25) is 0 Å². The molecule has 1 atom stereocenters. The third kappa shape index (κ3) is 4.90. The van der Waals surface area contributed by atoms with Gasteiger partial charge < -0.3 is 14.2 Å². The molecule has 1 aromatic carbocycles. The van der Waals surface area contributed by atoms with Gasteiger partial charge in [0.25, 0.3) is 5.56 Å². The van der Waals surface area contributed by atoms with E-state index in [-0.39, 0.29) is 12.2 Å². The number of hydrogen-bond donors (Lipinski definition) is 0. The molecule has 0 saturated heterocycles. The fourth-order valence-corrected chi connectivity index (χ4v) is 5.00. The Labute approximate surface area is 206 Å². The molecule has 3 heterocycles. The molecule has 9 heteroatoms. The molecule has 1 aliphatic rings. The zero-order valence-corrected chi connectivity index (χ0v) is 20.9. The Balaban J connectivity index is 1.95. The predicted molar refractivity (Wildman–Crippen MR) is 133 cm³/mol. The molecule has 3 aromatic rings. The van der Waals surface area contributed by atoms with Crippen molar-refractivity contribution in [3.8, 4) is 11.5 Å². The lowest BCUT2D eigenvalue weighted by Gasteiger charge is -2.25. The number of carbonyl (C=O) groups is 1. The minimum atomic E-state index is -0.726. The highest BCUT2D eigenvalue weighted by Gasteiger charge is 2.34. The van der Waals surface area contributed by atoms with Gasteiger partial charge in [0.1, 0.15) is 0 Å². The number of hydrogen-bond acceptors (Lipinski definition) is 8. The molecule has 0 bridgehead atoms. The van der Waals surface area contributed by atoms with Crippen LogP contribution >= 0.6 is 11.3 Å². The lowest BCUT2D eigenvalue weighted by molar-refractivity contribution is -0.139. The predicted octanol–water partition coefficient (Wildman–Crippen LogP) is 2.99. The maximum absolute atomic E-state index is 13.6. The first kappa shape index (κ1) is 24.4. The highest BCUT2D eigenvalue weighted by molar-refractivity contribution is 7.07. The smallest absolute Gasteiger partial charge is 0.338 e. The summed E-state index contributed by atoms with van der Waals surface area (Å²) in [6.45, 7) is 8.42. The first-order valence-electron chi connectivity index (χ1n) is 11.5. The van der Waals surface area contributed by atoms with Gasteiger partial charge in [0, 0.05) is 12.4 Å². The van der Waals surface area contributed by atoms with Crippen molar-refractivity contribution < 1.29 is 19.0 Å². The molecule has 0 radical (unpaired) electrons. The van der Waals surface area contributed by atoms with E-state index in [2.05, 4.69) is 9.98 Å². The zero-order valence-electron chi connectivity index (χ0n) is 20.1. The Morgan fingerprint density at radius 2 is 1.89 bits per heavy atom. The Bertz CT molecular complexity index is 1440. The normalized spacial score (nSPS) is 15.4. The third-order valence-corrected chi connectivity index (χ3v) is 6.37. The van der Waals surface area contributed by atoms with Gasteiger partial charge in [0.15, 0.2) is 16.3 Å². The summed E-state index contributed by atoms with van der Waals surface area (Å²) >= 11 is 1.27. The van der Waals surface area contributed by atoms with Gasteiger partial charge in [-0.05, 0) is 63.1 Å². The number of ether oxygens (including phenoxy) is 3. The fraction of sp³-hybridized carbons (Fsp3) is 0.308. The summed E-state index contributed by atoms with van der Waals surface area (Å²) in [4.78, 5) is 35.9. The minimum Gasteiger partial charge on any atom is -0.490 e. The molecule has 1 aliphatic heterocycles. The maximum atomic E-state index is 13.6. The first-order valence-corrected chi connectivity index (χ1v) is 12.3. The van der Waals surface area contributed by atoms with Crippen LogP contribution in [0.4, 0.5) is 0 Å². The molecular weight excluding hydrogens is 466 g/mol. The van der Waals surface area contributed by atoms with E-state index in [0.717, 1.165) is 5.56 Å². The summed E-state index contributed by atoms with van der Waals surface area (Å²) in [5, 5.41) is 0. The summed E-state index contributed by atoms with van der Waals surface area (Å²) in [7, 11) is 0. The largest absolute Gasteiger partial charge is 0.490 e. The van der Waals surface area contributed by atoms with E-state index in [0.29, 0.717) is 50.9 Å². The van der Waals surface area contributed by atoms with Crippen LogP contribution in [-0.2, 0) is 9.53 Å². The highest BCUT2D eigenvalue weighted by atomic mass is 32.1. The van der Waals surface area contributed by atoms with Crippen LogP contribution < -0.4 is 24.4 Å². The van der Waals surface area contributed by atoms with Gasteiger partial charge in [-0.3, -0.25) is 14.3 Å². The van der Waals surface area contributed by atoms with E-state index >= 15 is 0 Å². The molecule has 4 rings (SSSR count). The average Bonchev–Trinajstić information content (AvgIpc) is 3.14. The molecule has 2 aromatic heterocycles. The molecule has 0 unspecified atom stereocenters. The van der Waals surface area contributed by atoms with E-state index in [9.17, 15) is 9.59 Å². The quantitative estimate of drug-likeness (QED) is 0.448. The van der Waals surface area contributed by atoms with Crippen molar-refractivity contribution in [2.75, 3.05) is 19.8 Å². The number of allylic oxidation sites excluding steroid dienone is 1. The SMILES string of the molecule is CCOC(=O)C1=C(C)N=c2sc(=Cc3cccnc3)c(=O)n2[C@@H]1c1ccc(OCC)c(OCC)c1. The van der Waals surface area contributed by atoms with Crippen LogP contribution in [0, 0.1) is 0 Å². The summed E-state index contributed by atoms with van der Waals surface area (Å²) in [5.74, 6) is 0.634. The second kappa shape index (κ2) is 10.7. The molecule has 0 fully saturated rings. The fourth-order valence-electron chi connectivity index (χ4n) is 3.96. The van der Waals surface area contributed by atoms with E-state index in [1.807, 2.05) is 38.1 Å². The van der Waals surface area contributed by atoms with Crippen molar-refractivity contribution in [2.24, 2.45) is 4.99 Å². The Kier molecular flexibility index (Phi) is 7.45. The Morgan fingerprint density at radius 1 is 1.11 bits per heavy atom. The summed E-state index contributed by atoms with van der Waals surface area (Å²) in [6, 6.07) is 8.41. The van der Waals surface area contributed by atoms with Gasteiger partial charge in [-0.25, -0.2) is 9.79 Å². The van der Waals surface area contributed by atoms with Gasteiger partial charge in [-0.1, -0.05) is 23.5 Å². The number of pyridine rings is 1. The number of fused-ring (bicyclic) bond motifs is 1. The molecule has 35 heavy (non-hydrogen) atoms. The molecular formula is C26H27N3O5S. The van der Waals surface area contributed by atoms with Gasteiger partial charge in [0.05, 0.1) is 41.7 Å². The monoisotopic (exact) mass is 493 g/mol. The zero-order chi connectivity index (χ0) is 24.9. The Morgan fingerprint density at radius 3 is 2.57 bits per heavy atom. The molecule has 8 nitrogen and oxygen atoms in total. The van der Waals surface area contributed by atoms with Crippen LogP contribution in [0.5, 0.6) is 11.5 Å². The average molecular weight is 494 g/mol. The molecule has 0 saturated carbocycles. The van der Waals surface area contributed by atoms with E-state index in [4.69, 9.17) is 14.2 Å². The van der Waals surface area contributed by atoms with Gasteiger partial charge in [-0.2, -0.15) is 0 Å². The first-order chi connectivity index (χ1) is 17.0. The van der Waals surface area contributed by atoms with Crippen molar-refractivity contribution >= 4 is 23.4 Å². The minimum absolute atomic E-state index is 0.210. The van der Waals surface area contributed by atoms with Crippen LogP contribution in [-0.4, -0.2) is 35.3 Å². The van der Waals surface area contributed by atoms with Crippen molar-refractivity contribution in [3.63, 3.8) is 0 Å². The van der Waals surface area contributed by atoms with E-state index < -0.39 is 12.0 Å². The molecule has 0 spiro atoms. The second-order valence-corrected chi connectivity index (χ2v) is 8.67. The van der Waals surface area contributed by atoms with Crippen LogP contribution in [0.1, 0.15) is 44.9 Å². The van der Waals surface area contributed by atoms with Crippen molar-refractivity contribution in [1.29, 1.82) is 0 Å². The second-order valence-electron chi connectivity index (χ2n) is 7.66. The van der Waals surface area contributed by atoms with Crippen LogP contribution in [0.3, 0.4) is 0 Å². The van der Waals surface area contributed by atoms with Crippen molar-refractivity contribution in [1.82, 2.24) is 9.55 Å². The Hall–Kier alpha value is -3.72. The lowest BCUT2D eigenvalue weighted by atomic mass is 9.95.